The summed E-state index contributed by atoms with van der Waals surface area (Å²) in [5.41, 5.74) is 2.81. The number of aliphatic imine (C=N–C) groups is 1. The number of hydrogen-bond donors (Lipinski definition) is 1. The van der Waals surface area contributed by atoms with Crippen LogP contribution in [0.2, 0.25) is 0 Å². The Labute approximate surface area is 192 Å². The first kappa shape index (κ1) is 24.0. The second kappa shape index (κ2) is 10.3. The highest BCUT2D eigenvalue weighted by Crippen LogP contribution is 2.35. The molecule has 1 aromatic rings. The number of anilines is 2. The monoisotopic (exact) mass is 437 g/mol. The highest BCUT2D eigenvalue weighted by atomic mass is 16.5. The van der Waals surface area contributed by atoms with E-state index in [-0.39, 0.29) is 11.7 Å². The Bertz CT molecular complexity index is 934. The minimum Gasteiger partial charge on any atom is -0.370 e. The van der Waals surface area contributed by atoms with Crippen LogP contribution in [0.1, 0.15) is 45.6 Å². The summed E-state index contributed by atoms with van der Waals surface area (Å²) in [7, 11) is 4.07. The molecule has 1 aromatic carbocycles. The Morgan fingerprint density at radius 1 is 1.34 bits per heavy atom. The van der Waals surface area contributed by atoms with Gasteiger partial charge in [-0.3, -0.25) is 4.79 Å². The van der Waals surface area contributed by atoms with Gasteiger partial charge in [0.2, 0.25) is 0 Å². The molecular weight excluding hydrogens is 402 g/mol. The minimum absolute atomic E-state index is 0.249. The van der Waals surface area contributed by atoms with E-state index >= 15 is 0 Å². The second-order valence-corrected chi connectivity index (χ2v) is 9.45. The van der Waals surface area contributed by atoms with Crippen LogP contribution in [0.4, 0.5) is 11.4 Å². The number of carbonyl (C=O) groups excluding carboxylic acids is 1. The van der Waals surface area contributed by atoms with Crippen molar-refractivity contribution in [3.05, 3.63) is 47.1 Å². The maximum Gasteiger partial charge on any atom is 0.294 e. The fourth-order valence-electron chi connectivity index (χ4n) is 3.92. The number of allylic oxidation sites excluding steroid dienone is 1. The predicted molar refractivity (Wildman–Crippen MR) is 130 cm³/mol. The number of benzene rings is 1. The molecule has 7 nitrogen and oxygen atoms in total. The van der Waals surface area contributed by atoms with Gasteiger partial charge in [-0.1, -0.05) is 25.6 Å². The van der Waals surface area contributed by atoms with Gasteiger partial charge in [-0.25, -0.2) is 0 Å². The molecule has 0 saturated carbocycles. The molecule has 1 saturated heterocycles. The Morgan fingerprint density at radius 3 is 2.69 bits per heavy atom. The number of amides is 1. The summed E-state index contributed by atoms with van der Waals surface area (Å²) in [4.78, 5) is 24.7. The van der Waals surface area contributed by atoms with Crippen molar-refractivity contribution in [1.82, 2.24) is 4.90 Å². The highest BCUT2D eigenvalue weighted by Gasteiger charge is 2.27. The van der Waals surface area contributed by atoms with E-state index in [9.17, 15) is 4.79 Å². The Hall–Kier alpha value is -2.69. The molecule has 0 bridgehead atoms. The largest absolute Gasteiger partial charge is 0.370 e. The van der Waals surface area contributed by atoms with E-state index in [1.54, 1.807) is 6.08 Å². The molecule has 1 fully saturated rings. The average molecular weight is 438 g/mol. The third-order valence-corrected chi connectivity index (χ3v) is 6.17. The first-order chi connectivity index (χ1) is 15.2. The molecule has 0 spiro atoms. The summed E-state index contributed by atoms with van der Waals surface area (Å²) in [6, 6.07) is 6.15. The Morgan fingerprint density at radius 2 is 2.06 bits per heavy atom. The molecule has 0 atom stereocenters. The van der Waals surface area contributed by atoms with E-state index in [2.05, 4.69) is 51.8 Å². The molecule has 7 heteroatoms. The van der Waals surface area contributed by atoms with Gasteiger partial charge in [-0.2, -0.15) is 0 Å². The summed E-state index contributed by atoms with van der Waals surface area (Å²) < 4.78 is 6.21. The molecule has 2 aliphatic heterocycles. The fraction of sp³-hybridized carbons (Fsp3) is 0.560. The lowest BCUT2D eigenvalue weighted by molar-refractivity contribution is -0.110. The molecule has 0 unspecified atom stereocenters. The zero-order valence-corrected chi connectivity index (χ0v) is 19.9. The van der Waals surface area contributed by atoms with Gasteiger partial charge in [0.25, 0.3) is 11.7 Å². The van der Waals surface area contributed by atoms with Gasteiger partial charge in [-0.15, -0.1) is 4.99 Å². The lowest BCUT2D eigenvalue weighted by Gasteiger charge is -2.35. The third kappa shape index (κ3) is 5.96. The third-order valence-electron chi connectivity index (χ3n) is 6.17. The average Bonchev–Trinajstić information content (AvgIpc) is 3.24. The van der Waals surface area contributed by atoms with E-state index in [0.717, 1.165) is 49.4 Å². The smallest absolute Gasteiger partial charge is 0.294 e. The number of hydrogen-bond acceptors (Lipinski definition) is 5. The number of carbonyl (C=O) groups is 1. The lowest BCUT2D eigenvalue weighted by atomic mass is 9.94. The van der Waals surface area contributed by atoms with Gasteiger partial charge in [0.05, 0.1) is 23.6 Å². The van der Waals surface area contributed by atoms with E-state index < -0.39 is 5.60 Å². The minimum atomic E-state index is -0.444. The summed E-state index contributed by atoms with van der Waals surface area (Å²) in [5, 5.41) is 3.05. The van der Waals surface area contributed by atoms with E-state index in [1.165, 1.54) is 0 Å². The molecule has 0 aromatic heterocycles. The molecule has 2 heterocycles. The zero-order valence-electron chi connectivity index (χ0n) is 19.9. The number of nitrogens with zero attached hydrogens (tertiary/aromatic N) is 4. The SMILES string of the molecule is [C-]#[N+]C1=CCC(C(=O)Nc2ccc(C(C)(C)OCCN(C)C)cc2N2CCC(C)CC2)=N1. The van der Waals surface area contributed by atoms with Crippen molar-refractivity contribution in [3.63, 3.8) is 0 Å². The van der Waals surface area contributed by atoms with Crippen LogP contribution in [0.25, 0.3) is 4.85 Å². The molecule has 0 aliphatic carbocycles. The van der Waals surface area contributed by atoms with Gasteiger partial charge in [0, 0.05) is 26.1 Å². The van der Waals surface area contributed by atoms with Crippen LogP contribution in [0.3, 0.4) is 0 Å². The van der Waals surface area contributed by atoms with Crippen molar-refractivity contribution in [2.75, 3.05) is 50.6 Å². The van der Waals surface area contributed by atoms with Crippen LogP contribution in [0.5, 0.6) is 0 Å². The standard InChI is InChI=1S/C25H35N5O2/c1-18-11-13-30(14-12-18)22-17-19(25(2,3)32-16-15-29(5)6)7-8-20(22)28-24(31)21-9-10-23(26-4)27-21/h7-8,10,17-18H,9,11-16H2,1-3,5-6H3,(H,28,31). The van der Waals surface area contributed by atoms with Crippen LogP contribution in [-0.4, -0.2) is 56.9 Å². The van der Waals surface area contributed by atoms with Crippen LogP contribution >= 0.6 is 0 Å². The molecule has 1 amide bonds. The normalized spacial score (nSPS) is 17.2. The fourth-order valence-corrected chi connectivity index (χ4v) is 3.92. The van der Waals surface area contributed by atoms with Gasteiger partial charge in [0.1, 0.15) is 0 Å². The van der Waals surface area contributed by atoms with Crippen LogP contribution < -0.4 is 10.2 Å². The first-order valence-corrected chi connectivity index (χ1v) is 11.3. The molecule has 1 N–H and O–H groups in total. The number of ether oxygens (including phenoxy) is 1. The van der Waals surface area contributed by atoms with Crippen LogP contribution in [0.15, 0.2) is 35.1 Å². The predicted octanol–water partition coefficient (Wildman–Crippen LogP) is 4.28. The van der Waals surface area contributed by atoms with E-state index in [1.807, 2.05) is 26.2 Å². The summed E-state index contributed by atoms with van der Waals surface area (Å²) >= 11 is 0. The molecular formula is C25H35N5O2. The number of likely N-dealkylation sites (N-methyl/N-ethyl adjacent to an activating group) is 1. The van der Waals surface area contributed by atoms with Gasteiger partial charge < -0.3 is 24.7 Å². The molecule has 3 rings (SSSR count). The maximum absolute atomic E-state index is 12.8. The lowest BCUT2D eigenvalue weighted by Crippen LogP contribution is -2.34. The van der Waals surface area contributed by atoms with Crippen LogP contribution in [0, 0.1) is 12.5 Å². The molecule has 32 heavy (non-hydrogen) atoms. The van der Waals surface area contributed by atoms with Crippen molar-refractivity contribution in [3.8, 4) is 0 Å². The van der Waals surface area contributed by atoms with Gasteiger partial charge in [-0.05, 0) is 64.4 Å². The number of nitrogens with one attached hydrogen (secondary N) is 1. The number of piperidine rings is 1. The van der Waals surface area contributed by atoms with E-state index in [4.69, 9.17) is 11.3 Å². The molecule has 0 radical (unpaired) electrons. The first-order valence-electron chi connectivity index (χ1n) is 11.3. The maximum atomic E-state index is 12.8. The Kier molecular flexibility index (Phi) is 7.70. The van der Waals surface area contributed by atoms with Gasteiger partial charge in [0.15, 0.2) is 5.71 Å². The van der Waals surface area contributed by atoms with Crippen LogP contribution in [-0.2, 0) is 15.1 Å². The summed E-state index contributed by atoms with van der Waals surface area (Å²) in [6.07, 6.45) is 4.34. The van der Waals surface area contributed by atoms with Crippen molar-refractivity contribution < 1.29 is 9.53 Å². The zero-order chi connectivity index (χ0) is 23.3. The van der Waals surface area contributed by atoms with Crippen molar-refractivity contribution in [2.24, 2.45) is 10.9 Å². The van der Waals surface area contributed by atoms with E-state index in [0.29, 0.717) is 24.7 Å². The van der Waals surface area contributed by atoms with Crippen molar-refractivity contribution >= 4 is 23.0 Å². The molecule has 172 valence electrons. The van der Waals surface area contributed by atoms with Gasteiger partial charge >= 0.3 is 0 Å². The quantitative estimate of drug-likeness (QED) is 0.617. The summed E-state index contributed by atoms with van der Waals surface area (Å²) in [6.45, 7) is 17.0. The second-order valence-electron chi connectivity index (χ2n) is 9.45. The van der Waals surface area contributed by atoms with Crippen molar-refractivity contribution in [1.29, 1.82) is 0 Å². The topological polar surface area (TPSA) is 61.5 Å². The Balaban J connectivity index is 1.84. The summed E-state index contributed by atoms with van der Waals surface area (Å²) in [5.74, 6) is 0.748. The number of rotatable bonds is 8. The van der Waals surface area contributed by atoms with Crippen molar-refractivity contribution in [2.45, 2.75) is 45.6 Å². The molecule has 2 aliphatic rings. The highest BCUT2D eigenvalue weighted by molar-refractivity contribution is 6.44.